The topological polar surface area (TPSA) is 95.7 Å². The van der Waals surface area contributed by atoms with Crippen molar-refractivity contribution in [2.75, 3.05) is 13.2 Å². The maximum absolute atomic E-state index is 13.0. The summed E-state index contributed by atoms with van der Waals surface area (Å²) in [5.74, 6) is 0.137. The summed E-state index contributed by atoms with van der Waals surface area (Å²) in [4.78, 5) is 15.2. The van der Waals surface area contributed by atoms with E-state index >= 15 is 0 Å². The van der Waals surface area contributed by atoms with Gasteiger partial charge in [0.25, 0.3) is 0 Å². The summed E-state index contributed by atoms with van der Waals surface area (Å²) in [5, 5.41) is 13.5. The lowest BCUT2D eigenvalue weighted by molar-refractivity contribution is -0.152. The third-order valence-electron chi connectivity index (χ3n) is 4.89. The van der Waals surface area contributed by atoms with Crippen LogP contribution in [0, 0.1) is 0 Å². The quantitative estimate of drug-likeness (QED) is 0.378. The van der Waals surface area contributed by atoms with Crippen LogP contribution in [0.5, 0.6) is 17.4 Å². The molecule has 0 aliphatic heterocycles. The lowest BCUT2D eigenvalue weighted by atomic mass is 10.1. The number of aliphatic carboxylic acids is 1. The summed E-state index contributed by atoms with van der Waals surface area (Å²) in [7, 11) is 0. The van der Waals surface area contributed by atoms with Gasteiger partial charge in [0.2, 0.25) is 5.88 Å². The molecule has 188 valence electrons. The highest BCUT2D eigenvalue weighted by Crippen LogP contribution is 2.30. The normalized spacial score (nSPS) is 11.8. The molecule has 0 saturated heterocycles. The Labute approximate surface area is 200 Å². The first-order valence-electron chi connectivity index (χ1n) is 10.9. The van der Waals surface area contributed by atoms with E-state index in [1.54, 1.807) is 37.4 Å². The van der Waals surface area contributed by atoms with Crippen LogP contribution in [0.3, 0.4) is 0 Å². The first kappa shape index (κ1) is 25.9. The van der Waals surface area contributed by atoms with Crippen LogP contribution in [-0.4, -0.2) is 44.7 Å². The smallest absolute Gasteiger partial charge is 0.416 e. The van der Waals surface area contributed by atoms with Crippen molar-refractivity contribution in [3.05, 3.63) is 59.9 Å². The molecule has 3 aromatic rings. The molecule has 0 bridgehead atoms. The molecular weight excluding hydrogens is 467 g/mol. The monoisotopic (exact) mass is 493 g/mol. The number of carbonyl (C=O) groups is 1. The molecule has 0 amide bonds. The number of aromatic nitrogens is 3. The minimum atomic E-state index is -4.49. The lowest BCUT2D eigenvalue weighted by Crippen LogP contribution is -2.37. The van der Waals surface area contributed by atoms with Crippen LogP contribution in [0.25, 0.3) is 5.82 Å². The van der Waals surface area contributed by atoms with Crippen LogP contribution >= 0.6 is 0 Å². The molecule has 0 spiro atoms. The molecule has 0 saturated carbocycles. The Morgan fingerprint density at radius 2 is 1.86 bits per heavy atom. The van der Waals surface area contributed by atoms with E-state index in [4.69, 9.17) is 14.2 Å². The number of hydrogen-bond donors (Lipinski definition) is 1. The van der Waals surface area contributed by atoms with Crippen molar-refractivity contribution in [2.45, 2.75) is 45.4 Å². The maximum Gasteiger partial charge on any atom is 0.416 e. The van der Waals surface area contributed by atoms with Gasteiger partial charge in [-0.25, -0.2) is 14.5 Å². The van der Waals surface area contributed by atoms with E-state index in [0.717, 1.165) is 18.3 Å². The Balaban J connectivity index is 1.64. The number of halogens is 3. The molecule has 8 nitrogen and oxygen atoms in total. The summed E-state index contributed by atoms with van der Waals surface area (Å²) in [6.45, 7) is 5.36. The molecule has 0 fully saturated rings. The maximum atomic E-state index is 13.0. The number of pyridine rings is 1. The van der Waals surface area contributed by atoms with Crippen molar-refractivity contribution in [3.8, 4) is 23.2 Å². The minimum absolute atomic E-state index is 0.0318. The molecule has 1 aromatic carbocycles. The van der Waals surface area contributed by atoms with Crippen LogP contribution in [0.2, 0.25) is 0 Å². The lowest BCUT2D eigenvalue weighted by Gasteiger charge is -2.21. The van der Waals surface area contributed by atoms with Crippen molar-refractivity contribution in [1.82, 2.24) is 14.8 Å². The van der Waals surface area contributed by atoms with Crippen molar-refractivity contribution >= 4 is 5.97 Å². The molecule has 0 radical (unpaired) electrons. The van der Waals surface area contributed by atoms with Gasteiger partial charge in [0.05, 0.1) is 18.8 Å². The van der Waals surface area contributed by atoms with E-state index in [0.29, 0.717) is 49.0 Å². The first-order chi connectivity index (χ1) is 16.5. The van der Waals surface area contributed by atoms with Crippen molar-refractivity contribution < 1.29 is 37.3 Å². The summed E-state index contributed by atoms with van der Waals surface area (Å²) in [5.41, 5.74) is -1.50. The summed E-state index contributed by atoms with van der Waals surface area (Å²) in [6, 6.07) is 8.50. The highest BCUT2D eigenvalue weighted by Gasteiger charge is 2.31. The standard InChI is InChI=1S/C24H26F3N3O5/c1-4-33-21-16(15-30(29-21)20-13-17(10-11-28-20)24(25,26)27)7-6-12-34-18-8-5-9-19(14-18)35-23(2,3)22(31)32/h5,8-11,13-15H,4,6-7,12H2,1-3H3,(H,31,32). The second-order valence-electron chi connectivity index (χ2n) is 8.08. The van der Waals surface area contributed by atoms with Gasteiger partial charge in [-0.1, -0.05) is 6.07 Å². The Hall–Kier alpha value is -3.76. The molecule has 35 heavy (non-hydrogen) atoms. The fraction of sp³-hybridized carbons (Fsp3) is 0.375. The van der Waals surface area contributed by atoms with E-state index in [9.17, 15) is 23.1 Å². The van der Waals surface area contributed by atoms with Crippen LogP contribution in [0.4, 0.5) is 13.2 Å². The van der Waals surface area contributed by atoms with Crippen LogP contribution in [-0.2, 0) is 17.4 Å². The summed E-state index contributed by atoms with van der Waals surface area (Å²) >= 11 is 0. The van der Waals surface area contributed by atoms with E-state index in [1.165, 1.54) is 18.5 Å². The zero-order valence-corrected chi connectivity index (χ0v) is 19.5. The van der Waals surface area contributed by atoms with Gasteiger partial charge < -0.3 is 19.3 Å². The average Bonchev–Trinajstić information content (AvgIpc) is 3.19. The van der Waals surface area contributed by atoms with Gasteiger partial charge in [0.15, 0.2) is 11.4 Å². The number of carboxylic acid groups (broad SMARTS) is 1. The molecule has 0 unspecified atom stereocenters. The van der Waals surface area contributed by atoms with Crippen LogP contribution in [0.15, 0.2) is 48.8 Å². The highest BCUT2D eigenvalue weighted by atomic mass is 19.4. The fourth-order valence-electron chi connectivity index (χ4n) is 3.08. The zero-order valence-electron chi connectivity index (χ0n) is 19.5. The minimum Gasteiger partial charge on any atom is -0.493 e. The molecular formula is C24H26F3N3O5. The van der Waals surface area contributed by atoms with E-state index in [1.807, 2.05) is 0 Å². The van der Waals surface area contributed by atoms with E-state index in [2.05, 4.69) is 10.1 Å². The van der Waals surface area contributed by atoms with E-state index < -0.39 is 23.3 Å². The predicted octanol–water partition coefficient (Wildman–Crippen LogP) is 4.94. The fourth-order valence-corrected chi connectivity index (χ4v) is 3.08. The van der Waals surface area contributed by atoms with E-state index in [-0.39, 0.29) is 5.82 Å². The highest BCUT2D eigenvalue weighted by molar-refractivity contribution is 5.76. The van der Waals surface area contributed by atoms with Gasteiger partial charge in [-0.2, -0.15) is 13.2 Å². The summed E-state index contributed by atoms with van der Waals surface area (Å²) in [6.07, 6.45) is -0.747. The molecule has 0 atom stereocenters. The van der Waals surface area contributed by atoms with Crippen LogP contribution in [0.1, 0.15) is 38.3 Å². The van der Waals surface area contributed by atoms with Gasteiger partial charge >= 0.3 is 12.1 Å². The molecule has 2 aromatic heterocycles. The third kappa shape index (κ3) is 6.87. The number of nitrogens with zero attached hydrogens (tertiary/aromatic N) is 3. The Morgan fingerprint density at radius 3 is 2.54 bits per heavy atom. The largest absolute Gasteiger partial charge is 0.493 e. The Morgan fingerprint density at radius 1 is 1.11 bits per heavy atom. The predicted molar refractivity (Wildman–Crippen MR) is 120 cm³/mol. The average molecular weight is 493 g/mol. The summed E-state index contributed by atoms with van der Waals surface area (Å²) < 4.78 is 57.2. The number of aryl methyl sites for hydroxylation is 1. The second-order valence-corrected chi connectivity index (χ2v) is 8.08. The molecule has 0 aliphatic rings. The number of benzene rings is 1. The number of carboxylic acids is 1. The van der Waals surface area contributed by atoms with Gasteiger partial charge in [0, 0.05) is 24.0 Å². The molecule has 2 heterocycles. The van der Waals surface area contributed by atoms with Gasteiger partial charge in [-0.05, 0) is 57.9 Å². The number of ether oxygens (including phenoxy) is 3. The number of rotatable bonds is 11. The van der Waals surface area contributed by atoms with Crippen LogP contribution < -0.4 is 14.2 Å². The Bertz CT molecular complexity index is 1160. The van der Waals surface area contributed by atoms with Crippen molar-refractivity contribution in [3.63, 3.8) is 0 Å². The molecule has 11 heteroatoms. The van der Waals surface area contributed by atoms with Gasteiger partial charge in [-0.3, -0.25) is 0 Å². The third-order valence-corrected chi connectivity index (χ3v) is 4.89. The van der Waals surface area contributed by atoms with Gasteiger partial charge in [-0.15, -0.1) is 5.10 Å². The Kier molecular flexibility index (Phi) is 7.88. The SMILES string of the molecule is CCOc1nn(-c2cc(C(F)(F)F)ccn2)cc1CCCOc1cccc(OC(C)(C)C(=O)O)c1. The first-order valence-corrected chi connectivity index (χ1v) is 10.9. The van der Waals surface area contributed by atoms with Crippen molar-refractivity contribution in [1.29, 1.82) is 0 Å². The zero-order chi connectivity index (χ0) is 25.6. The number of alkyl halides is 3. The molecule has 3 rings (SSSR count). The molecule has 1 N–H and O–H groups in total. The second kappa shape index (κ2) is 10.7. The molecule has 0 aliphatic carbocycles. The van der Waals surface area contributed by atoms with Gasteiger partial charge in [0.1, 0.15) is 11.5 Å². The van der Waals surface area contributed by atoms with Crippen molar-refractivity contribution in [2.24, 2.45) is 0 Å². The number of hydrogen-bond acceptors (Lipinski definition) is 6.